The topological polar surface area (TPSA) is 55.5 Å². The van der Waals surface area contributed by atoms with Gasteiger partial charge in [-0.15, -0.1) is 13.2 Å². The van der Waals surface area contributed by atoms with E-state index in [0.717, 1.165) is 24.6 Å². The second-order valence-corrected chi connectivity index (χ2v) is 4.18. The predicted octanol–water partition coefficient (Wildman–Crippen LogP) is 3.34. The van der Waals surface area contributed by atoms with Crippen molar-refractivity contribution in [1.29, 1.82) is 0 Å². The fourth-order valence-electron chi connectivity index (χ4n) is 1.56. The molecule has 0 aliphatic heterocycles. The van der Waals surface area contributed by atoms with Gasteiger partial charge in [-0.1, -0.05) is 20.3 Å². The lowest BCUT2D eigenvalue weighted by molar-refractivity contribution is -0.274. The maximum absolute atomic E-state index is 12.1. The van der Waals surface area contributed by atoms with Crippen LogP contribution in [-0.4, -0.2) is 11.5 Å². The first kappa shape index (κ1) is 14.6. The van der Waals surface area contributed by atoms with Gasteiger partial charge in [0.15, 0.2) is 0 Å². The van der Waals surface area contributed by atoms with E-state index in [4.69, 9.17) is 5.73 Å². The van der Waals surface area contributed by atoms with E-state index in [1.165, 1.54) is 0 Å². The highest BCUT2D eigenvalue weighted by atomic mass is 19.4. The van der Waals surface area contributed by atoms with Gasteiger partial charge in [0, 0.05) is 11.6 Å². The van der Waals surface area contributed by atoms with Gasteiger partial charge in [-0.05, 0) is 24.1 Å². The number of benzene rings is 1. The number of halogens is 3. The van der Waals surface area contributed by atoms with Crippen LogP contribution in [0.1, 0.15) is 31.9 Å². The molecular weight excluding hydrogens is 247 g/mol. The number of alkyl halides is 3. The summed E-state index contributed by atoms with van der Waals surface area (Å²) in [6, 6.07) is 2.79. The second kappa shape index (κ2) is 5.48. The maximum Gasteiger partial charge on any atom is 0.573 e. The smallest absolute Gasteiger partial charge is 0.508 e. The van der Waals surface area contributed by atoms with Crippen molar-refractivity contribution in [2.24, 2.45) is 11.7 Å². The van der Waals surface area contributed by atoms with Crippen molar-refractivity contribution in [3.8, 4) is 11.5 Å². The van der Waals surface area contributed by atoms with Gasteiger partial charge in [-0.25, -0.2) is 0 Å². The molecule has 1 aromatic carbocycles. The van der Waals surface area contributed by atoms with E-state index in [1.54, 1.807) is 0 Å². The van der Waals surface area contributed by atoms with E-state index in [1.807, 2.05) is 13.8 Å². The molecule has 1 aromatic rings. The zero-order chi connectivity index (χ0) is 13.9. The van der Waals surface area contributed by atoms with Gasteiger partial charge in [0.2, 0.25) is 0 Å². The van der Waals surface area contributed by atoms with E-state index in [2.05, 4.69) is 4.74 Å². The van der Waals surface area contributed by atoms with Gasteiger partial charge in [-0.3, -0.25) is 0 Å². The fourth-order valence-corrected chi connectivity index (χ4v) is 1.56. The average Bonchev–Trinajstić information content (AvgIpc) is 2.28. The Bertz CT molecular complexity index is 407. The predicted molar refractivity (Wildman–Crippen MR) is 61.2 cm³/mol. The van der Waals surface area contributed by atoms with Crippen LogP contribution < -0.4 is 10.5 Å². The van der Waals surface area contributed by atoms with Gasteiger partial charge in [0.05, 0.1) is 0 Å². The molecule has 3 N–H and O–H groups in total. The molecule has 0 bridgehead atoms. The first-order chi connectivity index (χ1) is 8.24. The number of nitrogens with two attached hydrogens (primary N) is 1. The highest BCUT2D eigenvalue weighted by Gasteiger charge is 2.31. The minimum atomic E-state index is -4.76. The molecule has 0 saturated heterocycles. The molecule has 0 aliphatic carbocycles. The SMILES string of the molecule is CCC(C)[C@@H](N)c1cc(OC(F)(F)F)ccc1O. The van der Waals surface area contributed by atoms with Crippen molar-refractivity contribution in [3.63, 3.8) is 0 Å². The molecule has 0 heterocycles. The molecule has 0 saturated carbocycles. The van der Waals surface area contributed by atoms with Gasteiger partial charge in [0.1, 0.15) is 11.5 Å². The van der Waals surface area contributed by atoms with Crippen molar-refractivity contribution in [1.82, 2.24) is 0 Å². The van der Waals surface area contributed by atoms with Gasteiger partial charge in [0.25, 0.3) is 0 Å². The molecule has 0 aromatic heterocycles. The monoisotopic (exact) mass is 263 g/mol. The zero-order valence-corrected chi connectivity index (χ0v) is 10.2. The lowest BCUT2D eigenvalue weighted by Crippen LogP contribution is -2.20. The summed E-state index contributed by atoms with van der Waals surface area (Å²) in [5.41, 5.74) is 6.14. The minimum Gasteiger partial charge on any atom is -0.508 e. The lowest BCUT2D eigenvalue weighted by atomic mass is 9.92. The molecule has 2 atom stereocenters. The van der Waals surface area contributed by atoms with E-state index in [0.29, 0.717) is 0 Å². The lowest BCUT2D eigenvalue weighted by Gasteiger charge is -2.20. The van der Waals surface area contributed by atoms with Gasteiger partial charge in [-0.2, -0.15) is 0 Å². The molecule has 18 heavy (non-hydrogen) atoms. The number of ether oxygens (including phenoxy) is 1. The fraction of sp³-hybridized carbons (Fsp3) is 0.500. The van der Waals surface area contributed by atoms with Crippen LogP contribution in [0.25, 0.3) is 0 Å². The van der Waals surface area contributed by atoms with Crippen molar-refractivity contribution < 1.29 is 23.0 Å². The quantitative estimate of drug-likeness (QED) is 0.876. The van der Waals surface area contributed by atoms with Crippen LogP contribution in [0.5, 0.6) is 11.5 Å². The van der Waals surface area contributed by atoms with Crippen molar-refractivity contribution in [3.05, 3.63) is 23.8 Å². The van der Waals surface area contributed by atoms with Crippen molar-refractivity contribution in [2.75, 3.05) is 0 Å². The highest BCUT2D eigenvalue weighted by Crippen LogP contribution is 2.33. The summed E-state index contributed by atoms with van der Waals surface area (Å²) in [5.74, 6) is -0.469. The summed E-state index contributed by atoms with van der Waals surface area (Å²) in [7, 11) is 0. The third-order valence-corrected chi connectivity index (χ3v) is 2.85. The molecule has 0 fully saturated rings. The van der Waals surface area contributed by atoms with Crippen LogP contribution in [0.3, 0.4) is 0 Å². The summed E-state index contributed by atoms with van der Waals surface area (Å²) in [5, 5.41) is 9.63. The zero-order valence-electron chi connectivity index (χ0n) is 10.2. The number of hydrogen-bond donors (Lipinski definition) is 2. The molecule has 1 unspecified atom stereocenters. The van der Waals surface area contributed by atoms with Crippen LogP contribution in [0, 0.1) is 5.92 Å². The number of phenols is 1. The molecule has 102 valence electrons. The molecule has 0 amide bonds. The largest absolute Gasteiger partial charge is 0.573 e. The molecule has 6 heteroatoms. The van der Waals surface area contributed by atoms with Crippen LogP contribution >= 0.6 is 0 Å². The van der Waals surface area contributed by atoms with Crippen LogP contribution in [0.2, 0.25) is 0 Å². The third-order valence-electron chi connectivity index (χ3n) is 2.85. The minimum absolute atomic E-state index is 0.0389. The Labute approximate surface area is 103 Å². The third kappa shape index (κ3) is 3.80. The Morgan fingerprint density at radius 3 is 2.50 bits per heavy atom. The number of hydrogen-bond acceptors (Lipinski definition) is 3. The van der Waals surface area contributed by atoms with Crippen molar-refractivity contribution >= 4 is 0 Å². The van der Waals surface area contributed by atoms with E-state index in [9.17, 15) is 18.3 Å². The normalized spacial score (nSPS) is 15.2. The highest BCUT2D eigenvalue weighted by molar-refractivity contribution is 5.41. The summed E-state index contributed by atoms with van der Waals surface area (Å²) in [6.07, 6.45) is -4.00. The van der Waals surface area contributed by atoms with Gasteiger partial charge >= 0.3 is 6.36 Å². The Balaban J connectivity index is 3.01. The average molecular weight is 263 g/mol. The van der Waals surface area contributed by atoms with Crippen LogP contribution in [0.15, 0.2) is 18.2 Å². The van der Waals surface area contributed by atoms with Crippen molar-refractivity contribution in [2.45, 2.75) is 32.7 Å². The number of aromatic hydroxyl groups is 1. The Morgan fingerprint density at radius 1 is 1.39 bits per heavy atom. The van der Waals surface area contributed by atoms with E-state index < -0.39 is 12.4 Å². The molecule has 0 aliphatic rings. The second-order valence-electron chi connectivity index (χ2n) is 4.18. The van der Waals surface area contributed by atoms with E-state index in [-0.39, 0.29) is 23.0 Å². The Kier molecular flexibility index (Phi) is 4.45. The Morgan fingerprint density at radius 2 is 2.00 bits per heavy atom. The van der Waals surface area contributed by atoms with Crippen LogP contribution in [0.4, 0.5) is 13.2 Å². The van der Waals surface area contributed by atoms with Gasteiger partial charge < -0.3 is 15.6 Å². The maximum atomic E-state index is 12.1. The molecule has 0 radical (unpaired) electrons. The summed E-state index contributed by atoms with van der Waals surface area (Å²) in [4.78, 5) is 0. The first-order valence-electron chi connectivity index (χ1n) is 5.58. The standard InChI is InChI=1S/C12H16F3NO2/c1-3-7(2)11(16)9-6-8(4-5-10(9)17)18-12(13,14)15/h4-7,11,17H,3,16H2,1-2H3/t7?,11-/m1/s1. The Hall–Kier alpha value is -1.43. The molecule has 0 spiro atoms. The molecular formula is C12H16F3NO2. The summed E-state index contributed by atoms with van der Waals surface area (Å²) < 4.78 is 40.0. The molecule has 3 nitrogen and oxygen atoms in total. The van der Waals surface area contributed by atoms with Crippen LogP contribution in [-0.2, 0) is 0 Å². The molecule has 1 rings (SSSR count). The summed E-state index contributed by atoms with van der Waals surface area (Å²) in [6.45, 7) is 3.78. The first-order valence-corrected chi connectivity index (χ1v) is 5.58. The summed E-state index contributed by atoms with van der Waals surface area (Å²) >= 11 is 0. The van der Waals surface area contributed by atoms with E-state index >= 15 is 0 Å². The number of phenolic OH excluding ortho intramolecular Hbond substituents is 1. The number of rotatable bonds is 4.